The summed E-state index contributed by atoms with van der Waals surface area (Å²) in [7, 11) is 0. The fraction of sp³-hybridized carbons (Fsp3) is 0.750. The highest BCUT2D eigenvalue weighted by atomic mass is 14.6. The Kier molecular flexibility index (Phi) is 2.78. The summed E-state index contributed by atoms with van der Waals surface area (Å²) in [5.41, 5.74) is 4.01. The maximum Gasteiger partial charge on any atom is 0.103 e. The quantitative estimate of drug-likeness (QED) is 0.471. The standard InChI is InChI=1S/C8H15N/c9-8-6-4-2-1-3-5-7-8/h4,6,8H,1-3,5,7,9H2/p+1/b6-4-. The lowest BCUT2D eigenvalue weighted by Gasteiger charge is -2.05. The minimum absolute atomic E-state index is 0.588. The zero-order chi connectivity index (χ0) is 6.53. The second-order valence-electron chi connectivity index (χ2n) is 2.83. The Labute approximate surface area is 56.9 Å². The van der Waals surface area contributed by atoms with Crippen LogP contribution in [0.15, 0.2) is 12.2 Å². The van der Waals surface area contributed by atoms with E-state index < -0.39 is 0 Å². The highest BCUT2D eigenvalue weighted by molar-refractivity contribution is 4.88. The van der Waals surface area contributed by atoms with E-state index in [9.17, 15) is 0 Å². The van der Waals surface area contributed by atoms with Crippen molar-refractivity contribution in [2.24, 2.45) is 0 Å². The molecule has 0 saturated carbocycles. The molecule has 0 spiro atoms. The van der Waals surface area contributed by atoms with E-state index in [0.29, 0.717) is 6.04 Å². The third-order valence-corrected chi connectivity index (χ3v) is 1.85. The van der Waals surface area contributed by atoms with Gasteiger partial charge in [-0.1, -0.05) is 12.5 Å². The van der Waals surface area contributed by atoms with Crippen LogP contribution in [-0.4, -0.2) is 6.04 Å². The molecule has 1 atom stereocenters. The Hall–Kier alpha value is -0.300. The highest BCUT2D eigenvalue weighted by Crippen LogP contribution is 2.08. The van der Waals surface area contributed by atoms with Crippen molar-refractivity contribution in [2.75, 3.05) is 0 Å². The van der Waals surface area contributed by atoms with E-state index in [4.69, 9.17) is 0 Å². The number of rotatable bonds is 0. The maximum absolute atomic E-state index is 4.01. The van der Waals surface area contributed by atoms with Gasteiger partial charge in [0.05, 0.1) is 0 Å². The smallest absolute Gasteiger partial charge is 0.103 e. The molecule has 1 unspecified atom stereocenters. The van der Waals surface area contributed by atoms with Gasteiger partial charge in [0, 0.05) is 6.42 Å². The predicted octanol–water partition coefficient (Wildman–Crippen LogP) is 1.12. The molecule has 52 valence electrons. The third-order valence-electron chi connectivity index (χ3n) is 1.85. The van der Waals surface area contributed by atoms with Crippen molar-refractivity contribution < 1.29 is 5.73 Å². The van der Waals surface area contributed by atoms with Crippen LogP contribution in [0.2, 0.25) is 0 Å². The van der Waals surface area contributed by atoms with Gasteiger partial charge in [-0.25, -0.2) is 0 Å². The summed E-state index contributed by atoms with van der Waals surface area (Å²) in [5, 5.41) is 0. The Balaban J connectivity index is 2.30. The average Bonchev–Trinajstić information content (AvgIpc) is 1.79. The van der Waals surface area contributed by atoms with Gasteiger partial charge < -0.3 is 5.73 Å². The van der Waals surface area contributed by atoms with Crippen molar-refractivity contribution in [1.29, 1.82) is 0 Å². The van der Waals surface area contributed by atoms with Crippen LogP contribution in [0.1, 0.15) is 32.1 Å². The average molecular weight is 126 g/mol. The molecule has 0 saturated heterocycles. The minimum Gasteiger partial charge on any atom is -0.352 e. The molecule has 0 amide bonds. The third kappa shape index (κ3) is 2.66. The summed E-state index contributed by atoms with van der Waals surface area (Å²) in [4.78, 5) is 0. The van der Waals surface area contributed by atoms with E-state index in [-0.39, 0.29) is 0 Å². The van der Waals surface area contributed by atoms with E-state index in [1.54, 1.807) is 0 Å². The lowest BCUT2D eigenvalue weighted by atomic mass is 10.0. The lowest BCUT2D eigenvalue weighted by Crippen LogP contribution is -2.59. The molecule has 3 N–H and O–H groups in total. The van der Waals surface area contributed by atoms with Gasteiger partial charge in [-0.2, -0.15) is 0 Å². The topological polar surface area (TPSA) is 27.6 Å². The molecule has 0 aromatic rings. The SMILES string of the molecule is [NH3+]C1/C=C\CCCCC1. The molecule has 0 heterocycles. The van der Waals surface area contributed by atoms with Crippen LogP contribution in [0.25, 0.3) is 0 Å². The maximum atomic E-state index is 4.01. The monoisotopic (exact) mass is 126 g/mol. The van der Waals surface area contributed by atoms with Gasteiger partial charge in [0.25, 0.3) is 0 Å². The van der Waals surface area contributed by atoms with Crippen molar-refractivity contribution in [3.8, 4) is 0 Å². The first-order valence-electron chi connectivity index (χ1n) is 3.89. The summed E-state index contributed by atoms with van der Waals surface area (Å²) in [6.07, 6.45) is 11.2. The molecule has 9 heavy (non-hydrogen) atoms. The molecule has 0 aromatic carbocycles. The summed E-state index contributed by atoms with van der Waals surface area (Å²) < 4.78 is 0. The Morgan fingerprint density at radius 3 is 3.00 bits per heavy atom. The molecule has 1 rings (SSSR count). The first kappa shape index (κ1) is 6.81. The second-order valence-corrected chi connectivity index (χ2v) is 2.83. The van der Waals surface area contributed by atoms with E-state index in [1.165, 1.54) is 32.1 Å². The van der Waals surface area contributed by atoms with Crippen LogP contribution in [-0.2, 0) is 0 Å². The Bertz CT molecular complexity index is 96.7. The summed E-state index contributed by atoms with van der Waals surface area (Å²) in [6, 6.07) is 0.588. The highest BCUT2D eigenvalue weighted by Gasteiger charge is 2.02. The summed E-state index contributed by atoms with van der Waals surface area (Å²) in [6.45, 7) is 0. The molecule has 0 bridgehead atoms. The lowest BCUT2D eigenvalue weighted by molar-refractivity contribution is -0.404. The molecule has 1 heteroatoms. The Morgan fingerprint density at radius 2 is 2.11 bits per heavy atom. The number of hydrogen-bond acceptors (Lipinski definition) is 0. The fourth-order valence-corrected chi connectivity index (χ4v) is 1.23. The van der Waals surface area contributed by atoms with Gasteiger partial charge in [0.1, 0.15) is 6.04 Å². The van der Waals surface area contributed by atoms with Gasteiger partial charge in [-0.3, -0.25) is 0 Å². The number of quaternary nitrogens is 1. The molecular weight excluding hydrogens is 110 g/mol. The van der Waals surface area contributed by atoms with Gasteiger partial charge in [-0.05, 0) is 25.3 Å². The number of hydrogen-bond donors (Lipinski definition) is 1. The first-order valence-corrected chi connectivity index (χ1v) is 3.89. The molecule has 1 aliphatic carbocycles. The minimum atomic E-state index is 0.588. The van der Waals surface area contributed by atoms with Crippen molar-refractivity contribution in [2.45, 2.75) is 38.1 Å². The van der Waals surface area contributed by atoms with E-state index in [2.05, 4.69) is 17.9 Å². The molecule has 0 fully saturated rings. The van der Waals surface area contributed by atoms with Crippen LogP contribution in [0.5, 0.6) is 0 Å². The molecular formula is C8H16N+. The molecule has 0 aromatic heterocycles. The van der Waals surface area contributed by atoms with Crippen LogP contribution in [0, 0.1) is 0 Å². The van der Waals surface area contributed by atoms with Crippen molar-refractivity contribution in [3.05, 3.63) is 12.2 Å². The van der Waals surface area contributed by atoms with E-state index >= 15 is 0 Å². The van der Waals surface area contributed by atoms with Crippen molar-refractivity contribution in [3.63, 3.8) is 0 Å². The van der Waals surface area contributed by atoms with Gasteiger partial charge >= 0.3 is 0 Å². The molecule has 1 aliphatic rings. The largest absolute Gasteiger partial charge is 0.352 e. The molecule has 0 aliphatic heterocycles. The summed E-state index contributed by atoms with van der Waals surface area (Å²) in [5.74, 6) is 0. The zero-order valence-corrected chi connectivity index (χ0v) is 5.97. The fourth-order valence-electron chi connectivity index (χ4n) is 1.23. The van der Waals surface area contributed by atoms with E-state index in [0.717, 1.165) is 0 Å². The number of allylic oxidation sites excluding steroid dienone is 1. The summed E-state index contributed by atoms with van der Waals surface area (Å²) >= 11 is 0. The van der Waals surface area contributed by atoms with Crippen LogP contribution in [0.4, 0.5) is 0 Å². The first-order chi connectivity index (χ1) is 4.39. The predicted molar refractivity (Wildman–Crippen MR) is 38.9 cm³/mol. The van der Waals surface area contributed by atoms with Crippen LogP contribution < -0.4 is 5.73 Å². The van der Waals surface area contributed by atoms with E-state index in [1.807, 2.05) is 0 Å². The van der Waals surface area contributed by atoms with Gasteiger partial charge in [0.15, 0.2) is 0 Å². The van der Waals surface area contributed by atoms with Gasteiger partial charge in [0.2, 0.25) is 0 Å². The molecule has 1 nitrogen and oxygen atoms in total. The normalized spacial score (nSPS) is 32.8. The van der Waals surface area contributed by atoms with Crippen LogP contribution >= 0.6 is 0 Å². The molecule has 0 radical (unpaired) electrons. The van der Waals surface area contributed by atoms with Gasteiger partial charge in [-0.15, -0.1) is 0 Å². The second kappa shape index (κ2) is 3.67. The van der Waals surface area contributed by atoms with Crippen LogP contribution in [0.3, 0.4) is 0 Å². The Morgan fingerprint density at radius 1 is 1.22 bits per heavy atom. The zero-order valence-electron chi connectivity index (χ0n) is 5.97. The van der Waals surface area contributed by atoms with Crippen molar-refractivity contribution >= 4 is 0 Å². The van der Waals surface area contributed by atoms with Crippen molar-refractivity contribution in [1.82, 2.24) is 0 Å².